The Bertz CT molecular complexity index is 786. The topological polar surface area (TPSA) is 88.2 Å². The van der Waals surface area contributed by atoms with Crippen molar-refractivity contribution in [3.63, 3.8) is 0 Å². The third kappa shape index (κ3) is 7.70. The molecule has 6 heteroatoms. The van der Waals surface area contributed by atoms with Crippen molar-refractivity contribution in [1.82, 2.24) is 10.3 Å². The van der Waals surface area contributed by atoms with Crippen LogP contribution in [0.3, 0.4) is 0 Å². The molecule has 2 amide bonds. The first-order valence-corrected chi connectivity index (χ1v) is 9.52. The number of hydrogen-bond donors (Lipinski definition) is 2. The molecule has 0 saturated carbocycles. The summed E-state index contributed by atoms with van der Waals surface area (Å²) in [4.78, 5) is 39.8. The number of ketones is 1. The second-order valence-electron chi connectivity index (χ2n) is 7.11. The lowest BCUT2D eigenvalue weighted by Crippen LogP contribution is -2.27. The zero-order chi connectivity index (χ0) is 20.4. The molecule has 2 rings (SSSR count). The molecular formula is C22H27N3O3. The molecule has 2 N–H and O–H groups in total. The fraction of sp³-hybridized carbons (Fsp3) is 0.364. The molecular weight excluding hydrogens is 354 g/mol. The fourth-order valence-electron chi connectivity index (χ4n) is 2.73. The molecule has 0 unspecified atom stereocenters. The van der Waals surface area contributed by atoms with Crippen LogP contribution in [0.5, 0.6) is 0 Å². The Hall–Kier alpha value is -3.02. The Balaban J connectivity index is 1.66. The van der Waals surface area contributed by atoms with Crippen molar-refractivity contribution in [3.05, 3.63) is 59.9 Å². The summed E-state index contributed by atoms with van der Waals surface area (Å²) in [5, 5.41) is 5.37. The van der Waals surface area contributed by atoms with Gasteiger partial charge in [0.05, 0.1) is 11.9 Å². The molecule has 0 radical (unpaired) electrons. The highest BCUT2D eigenvalue weighted by molar-refractivity contribution is 5.98. The van der Waals surface area contributed by atoms with E-state index in [9.17, 15) is 14.4 Å². The monoisotopic (exact) mass is 381 g/mol. The summed E-state index contributed by atoms with van der Waals surface area (Å²) in [5.74, 6) is 0.0714. The quantitative estimate of drug-likeness (QED) is 0.618. The van der Waals surface area contributed by atoms with Gasteiger partial charge >= 0.3 is 0 Å². The second-order valence-corrected chi connectivity index (χ2v) is 7.11. The maximum Gasteiger partial charge on any atom is 0.226 e. The largest absolute Gasteiger partial charge is 0.356 e. The van der Waals surface area contributed by atoms with E-state index in [1.54, 1.807) is 24.5 Å². The van der Waals surface area contributed by atoms with Crippen LogP contribution < -0.4 is 10.6 Å². The number of Topliss-reactive ketones (excluding diaryl/α,β-unsaturated/α-hetero) is 1. The Morgan fingerprint density at radius 2 is 1.71 bits per heavy atom. The molecule has 1 aromatic heterocycles. The van der Waals surface area contributed by atoms with Crippen molar-refractivity contribution >= 4 is 23.3 Å². The highest BCUT2D eigenvalue weighted by Crippen LogP contribution is 2.12. The lowest BCUT2D eigenvalue weighted by Gasteiger charge is -2.07. The SMILES string of the molecule is CC(C)Cc1ccc(C(=O)CCC(=O)NCCC(=O)Nc2cccnc2)cc1. The van der Waals surface area contributed by atoms with Crippen LogP contribution in [-0.2, 0) is 16.0 Å². The van der Waals surface area contributed by atoms with Gasteiger partial charge in [-0.1, -0.05) is 38.1 Å². The zero-order valence-corrected chi connectivity index (χ0v) is 16.4. The van der Waals surface area contributed by atoms with E-state index in [1.807, 2.05) is 24.3 Å². The van der Waals surface area contributed by atoms with Crippen molar-refractivity contribution < 1.29 is 14.4 Å². The van der Waals surface area contributed by atoms with Gasteiger partial charge in [-0.25, -0.2) is 0 Å². The van der Waals surface area contributed by atoms with Crippen LogP contribution in [-0.4, -0.2) is 29.1 Å². The van der Waals surface area contributed by atoms with E-state index in [-0.39, 0.29) is 43.4 Å². The van der Waals surface area contributed by atoms with Gasteiger partial charge in [0.2, 0.25) is 11.8 Å². The molecule has 0 fully saturated rings. The predicted octanol–water partition coefficient (Wildman–Crippen LogP) is 3.39. The van der Waals surface area contributed by atoms with Crippen molar-refractivity contribution in [2.75, 3.05) is 11.9 Å². The predicted molar refractivity (Wildman–Crippen MR) is 109 cm³/mol. The molecule has 2 aromatic rings. The second kappa shape index (κ2) is 11.0. The summed E-state index contributed by atoms with van der Waals surface area (Å²) in [6.07, 6.45) is 4.57. The van der Waals surface area contributed by atoms with Crippen molar-refractivity contribution in [3.8, 4) is 0 Å². The van der Waals surface area contributed by atoms with E-state index in [2.05, 4.69) is 29.5 Å². The van der Waals surface area contributed by atoms with E-state index < -0.39 is 0 Å². The number of aromatic nitrogens is 1. The molecule has 0 spiro atoms. The molecule has 0 aliphatic heterocycles. The van der Waals surface area contributed by atoms with Crippen LogP contribution in [0.15, 0.2) is 48.8 Å². The van der Waals surface area contributed by atoms with Crippen LogP contribution in [0.25, 0.3) is 0 Å². The summed E-state index contributed by atoms with van der Waals surface area (Å²) in [6, 6.07) is 11.0. The van der Waals surface area contributed by atoms with Gasteiger partial charge in [-0.15, -0.1) is 0 Å². The molecule has 0 bridgehead atoms. The highest BCUT2D eigenvalue weighted by atomic mass is 16.2. The Kier molecular flexibility index (Phi) is 8.34. The van der Waals surface area contributed by atoms with Crippen molar-refractivity contribution in [1.29, 1.82) is 0 Å². The van der Waals surface area contributed by atoms with Crippen LogP contribution in [0.1, 0.15) is 49.0 Å². The van der Waals surface area contributed by atoms with Crippen molar-refractivity contribution in [2.24, 2.45) is 5.92 Å². The first-order valence-electron chi connectivity index (χ1n) is 9.52. The first-order chi connectivity index (χ1) is 13.4. The smallest absolute Gasteiger partial charge is 0.226 e. The molecule has 0 saturated heterocycles. The number of nitrogens with zero attached hydrogens (tertiary/aromatic N) is 1. The lowest BCUT2D eigenvalue weighted by atomic mass is 9.99. The summed E-state index contributed by atoms with van der Waals surface area (Å²) in [5.41, 5.74) is 2.44. The molecule has 1 aromatic carbocycles. The zero-order valence-electron chi connectivity index (χ0n) is 16.4. The van der Waals surface area contributed by atoms with Gasteiger partial charge in [-0.2, -0.15) is 0 Å². The maximum absolute atomic E-state index is 12.2. The van der Waals surface area contributed by atoms with Gasteiger partial charge in [-0.3, -0.25) is 19.4 Å². The molecule has 28 heavy (non-hydrogen) atoms. The van der Waals surface area contributed by atoms with E-state index in [1.165, 1.54) is 5.56 Å². The Labute approximate surface area is 165 Å². The normalized spacial score (nSPS) is 10.5. The third-order valence-electron chi connectivity index (χ3n) is 4.12. The number of rotatable bonds is 10. The standard InChI is InChI=1S/C22H27N3O3/c1-16(2)14-17-5-7-18(8-6-17)20(26)9-10-21(27)24-13-11-22(28)25-19-4-3-12-23-15-19/h3-8,12,15-16H,9-11,13-14H2,1-2H3,(H,24,27)(H,25,28). The first kappa shape index (κ1) is 21.3. The molecule has 0 aliphatic rings. The van der Waals surface area contributed by atoms with Gasteiger partial charge < -0.3 is 10.6 Å². The molecule has 148 valence electrons. The molecule has 6 nitrogen and oxygen atoms in total. The van der Waals surface area contributed by atoms with Crippen LogP contribution >= 0.6 is 0 Å². The molecule has 1 heterocycles. The van der Waals surface area contributed by atoms with E-state index in [0.717, 1.165) is 6.42 Å². The van der Waals surface area contributed by atoms with E-state index in [0.29, 0.717) is 17.2 Å². The number of amides is 2. The van der Waals surface area contributed by atoms with Crippen molar-refractivity contribution in [2.45, 2.75) is 39.5 Å². The summed E-state index contributed by atoms with van der Waals surface area (Å²) in [7, 11) is 0. The minimum Gasteiger partial charge on any atom is -0.356 e. The number of carbonyl (C=O) groups excluding carboxylic acids is 3. The number of nitrogens with one attached hydrogen (secondary N) is 2. The summed E-state index contributed by atoms with van der Waals surface area (Å²) >= 11 is 0. The third-order valence-corrected chi connectivity index (χ3v) is 4.12. The van der Waals surface area contributed by atoms with E-state index in [4.69, 9.17) is 0 Å². The average molecular weight is 381 g/mol. The molecule has 0 aliphatic carbocycles. The summed E-state index contributed by atoms with van der Waals surface area (Å²) in [6.45, 7) is 4.53. The minimum atomic E-state index is -0.237. The fourth-order valence-corrected chi connectivity index (χ4v) is 2.73. The number of anilines is 1. The Morgan fingerprint density at radius 1 is 0.964 bits per heavy atom. The maximum atomic E-state index is 12.2. The number of hydrogen-bond acceptors (Lipinski definition) is 4. The minimum absolute atomic E-state index is 0.0550. The van der Waals surface area contributed by atoms with Gasteiger partial charge in [0.25, 0.3) is 0 Å². The van der Waals surface area contributed by atoms with Crippen LogP contribution in [0.2, 0.25) is 0 Å². The van der Waals surface area contributed by atoms with Gasteiger partial charge in [0.1, 0.15) is 0 Å². The lowest BCUT2D eigenvalue weighted by molar-refractivity contribution is -0.121. The Morgan fingerprint density at radius 3 is 2.36 bits per heavy atom. The number of pyridine rings is 1. The molecule has 0 atom stereocenters. The average Bonchev–Trinajstić information content (AvgIpc) is 2.67. The van der Waals surface area contributed by atoms with E-state index >= 15 is 0 Å². The van der Waals surface area contributed by atoms with Gasteiger partial charge in [0, 0.05) is 37.6 Å². The number of carbonyl (C=O) groups is 3. The summed E-state index contributed by atoms with van der Waals surface area (Å²) < 4.78 is 0. The number of benzene rings is 1. The highest BCUT2D eigenvalue weighted by Gasteiger charge is 2.10. The van der Waals surface area contributed by atoms with Crippen LogP contribution in [0.4, 0.5) is 5.69 Å². The van der Waals surface area contributed by atoms with Crippen LogP contribution in [0, 0.1) is 5.92 Å². The van der Waals surface area contributed by atoms with Gasteiger partial charge in [-0.05, 0) is 30.0 Å². The van der Waals surface area contributed by atoms with Gasteiger partial charge in [0.15, 0.2) is 5.78 Å².